The molecule has 0 saturated carbocycles. The van der Waals surface area contributed by atoms with Gasteiger partial charge in [0.1, 0.15) is 0 Å². The van der Waals surface area contributed by atoms with E-state index in [0.29, 0.717) is 0 Å². The quantitative estimate of drug-likeness (QED) is 0.584. The molecule has 2 aliphatic heterocycles. The van der Waals surface area contributed by atoms with Gasteiger partial charge in [-0.25, -0.2) is 11.6 Å². The van der Waals surface area contributed by atoms with Gasteiger partial charge in [-0.2, -0.15) is 0 Å². The molecule has 2 rings (SSSR count). The molecule has 12 heavy (non-hydrogen) atoms. The summed E-state index contributed by atoms with van der Waals surface area (Å²) >= 11 is 2.24. The van der Waals surface area contributed by atoms with Crippen molar-refractivity contribution in [3.8, 4) is 0 Å². The molecule has 0 nitrogen and oxygen atoms in total. The second-order valence-electron chi connectivity index (χ2n) is 4.30. The molecule has 0 amide bonds. The first kappa shape index (κ1) is 8.99. The SMILES string of the molecule is CCSB1C2CCCC1CCC2. The minimum Gasteiger partial charge on any atom is -0.210 e. The van der Waals surface area contributed by atoms with Gasteiger partial charge in [-0.05, 0) is 5.75 Å². The Labute approximate surface area is 80.9 Å². The first-order chi connectivity index (χ1) is 5.92. The standard InChI is InChI=1S/C10H19BS/c1-2-12-11-9-5-3-6-10(11)8-4-7-9/h9-10H,2-8H2,1H3. The third-order valence-corrected chi connectivity index (χ3v) is 5.08. The molecule has 0 aliphatic carbocycles. The van der Waals surface area contributed by atoms with Crippen LogP contribution in [0, 0.1) is 0 Å². The summed E-state index contributed by atoms with van der Waals surface area (Å²) in [5.74, 6) is 4.58. The van der Waals surface area contributed by atoms with Crippen LogP contribution in [0.15, 0.2) is 0 Å². The van der Waals surface area contributed by atoms with Crippen LogP contribution in [0.4, 0.5) is 0 Å². The zero-order chi connectivity index (χ0) is 8.39. The van der Waals surface area contributed by atoms with E-state index in [2.05, 4.69) is 18.5 Å². The molecule has 68 valence electrons. The molecule has 0 radical (unpaired) electrons. The minimum atomic E-state index is 1.05. The highest BCUT2D eigenvalue weighted by Crippen LogP contribution is 2.49. The van der Waals surface area contributed by atoms with Gasteiger partial charge in [0, 0.05) is 0 Å². The summed E-state index contributed by atoms with van der Waals surface area (Å²) in [6, 6.07) is 0. The second-order valence-corrected chi connectivity index (χ2v) is 5.76. The Bertz CT molecular complexity index is 127. The molecule has 0 aromatic heterocycles. The van der Waals surface area contributed by atoms with Gasteiger partial charge in [-0.1, -0.05) is 57.1 Å². The molecule has 2 bridgehead atoms. The lowest BCUT2D eigenvalue weighted by atomic mass is 9.42. The van der Waals surface area contributed by atoms with Crippen LogP contribution in [0.2, 0.25) is 11.6 Å². The van der Waals surface area contributed by atoms with E-state index in [0.717, 1.165) is 17.6 Å². The van der Waals surface area contributed by atoms with Crippen molar-refractivity contribution in [3.05, 3.63) is 0 Å². The van der Waals surface area contributed by atoms with Crippen molar-refractivity contribution in [2.75, 3.05) is 5.75 Å². The normalized spacial score (nSPS) is 35.2. The summed E-state index contributed by atoms with van der Waals surface area (Å²) in [6.07, 6.45) is 9.19. The van der Waals surface area contributed by atoms with Gasteiger partial charge in [-0.15, -0.1) is 0 Å². The smallest absolute Gasteiger partial charge is 0.210 e. The van der Waals surface area contributed by atoms with Crippen molar-refractivity contribution < 1.29 is 0 Å². The zero-order valence-electron chi connectivity index (χ0n) is 8.09. The Kier molecular flexibility index (Phi) is 3.06. The molecule has 2 heterocycles. The lowest BCUT2D eigenvalue weighted by Crippen LogP contribution is -2.32. The van der Waals surface area contributed by atoms with Crippen molar-refractivity contribution in [1.29, 1.82) is 0 Å². The van der Waals surface area contributed by atoms with E-state index in [1.165, 1.54) is 44.3 Å². The van der Waals surface area contributed by atoms with Gasteiger partial charge in [0.2, 0.25) is 5.99 Å². The Morgan fingerprint density at radius 3 is 2.00 bits per heavy atom. The van der Waals surface area contributed by atoms with Crippen LogP contribution in [-0.4, -0.2) is 11.7 Å². The number of hydrogen-bond donors (Lipinski definition) is 0. The summed E-state index contributed by atoms with van der Waals surface area (Å²) in [7, 11) is 0. The minimum absolute atomic E-state index is 1.05. The molecule has 0 aromatic rings. The summed E-state index contributed by atoms with van der Waals surface area (Å²) < 4.78 is 0. The van der Waals surface area contributed by atoms with Gasteiger partial charge < -0.3 is 0 Å². The number of rotatable bonds is 2. The second kappa shape index (κ2) is 4.08. The van der Waals surface area contributed by atoms with E-state index in [-0.39, 0.29) is 0 Å². The van der Waals surface area contributed by atoms with Crippen LogP contribution in [-0.2, 0) is 0 Å². The van der Waals surface area contributed by atoms with E-state index in [9.17, 15) is 0 Å². The van der Waals surface area contributed by atoms with Crippen LogP contribution >= 0.6 is 11.6 Å². The van der Waals surface area contributed by atoms with E-state index >= 15 is 0 Å². The van der Waals surface area contributed by atoms with Gasteiger partial charge in [0.15, 0.2) is 0 Å². The van der Waals surface area contributed by atoms with Crippen LogP contribution in [0.3, 0.4) is 0 Å². The van der Waals surface area contributed by atoms with Crippen LogP contribution in [0.25, 0.3) is 0 Å². The molecule has 0 unspecified atom stereocenters. The van der Waals surface area contributed by atoms with Crippen molar-refractivity contribution >= 4 is 17.6 Å². The maximum atomic E-state index is 2.31. The first-order valence-electron chi connectivity index (χ1n) is 5.53. The molecular formula is C10H19BS. The van der Waals surface area contributed by atoms with Crippen molar-refractivity contribution in [2.24, 2.45) is 0 Å². The highest BCUT2D eigenvalue weighted by atomic mass is 32.2. The predicted octanol–water partition coefficient (Wildman–Crippen LogP) is 3.84. The fourth-order valence-corrected chi connectivity index (χ4v) is 4.55. The number of fused-ring (bicyclic) bond motifs is 2. The Morgan fingerprint density at radius 1 is 1.08 bits per heavy atom. The van der Waals surface area contributed by atoms with E-state index in [1.807, 2.05) is 0 Å². The molecule has 2 fully saturated rings. The van der Waals surface area contributed by atoms with Crippen LogP contribution in [0.1, 0.15) is 45.4 Å². The third kappa shape index (κ3) is 1.68. The van der Waals surface area contributed by atoms with Gasteiger partial charge >= 0.3 is 0 Å². The predicted molar refractivity (Wildman–Crippen MR) is 59.1 cm³/mol. The summed E-state index contributed by atoms with van der Waals surface area (Å²) in [5, 5.41) is 0. The molecular weight excluding hydrogens is 163 g/mol. The summed E-state index contributed by atoms with van der Waals surface area (Å²) in [5.41, 5.74) is 0. The van der Waals surface area contributed by atoms with Crippen molar-refractivity contribution in [3.63, 3.8) is 0 Å². The van der Waals surface area contributed by atoms with E-state index < -0.39 is 0 Å². The van der Waals surface area contributed by atoms with Gasteiger partial charge in [-0.3, -0.25) is 0 Å². The summed E-state index contributed by atoms with van der Waals surface area (Å²) in [4.78, 5) is 0. The van der Waals surface area contributed by atoms with Crippen molar-refractivity contribution in [2.45, 2.75) is 57.1 Å². The highest BCUT2D eigenvalue weighted by Gasteiger charge is 2.38. The lowest BCUT2D eigenvalue weighted by molar-refractivity contribution is 0.451. The van der Waals surface area contributed by atoms with Crippen molar-refractivity contribution in [1.82, 2.24) is 0 Å². The first-order valence-corrected chi connectivity index (χ1v) is 6.58. The monoisotopic (exact) mass is 182 g/mol. The van der Waals surface area contributed by atoms with Crippen LogP contribution < -0.4 is 0 Å². The summed E-state index contributed by atoms with van der Waals surface area (Å²) in [6.45, 7) is 2.31. The molecule has 0 spiro atoms. The van der Waals surface area contributed by atoms with E-state index in [1.54, 1.807) is 0 Å². The van der Waals surface area contributed by atoms with E-state index in [4.69, 9.17) is 0 Å². The maximum absolute atomic E-state index is 2.31. The lowest BCUT2D eigenvalue weighted by Gasteiger charge is -2.39. The molecule has 2 heteroatoms. The number of hydrogen-bond acceptors (Lipinski definition) is 1. The van der Waals surface area contributed by atoms with Gasteiger partial charge in [0.05, 0.1) is 0 Å². The largest absolute Gasteiger partial charge is 0.215 e. The molecule has 0 aromatic carbocycles. The Hall–Kier alpha value is 0.415. The fourth-order valence-electron chi connectivity index (χ4n) is 3.08. The average Bonchev–Trinajstić information content (AvgIpc) is 2.04. The average molecular weight is 182 g/mol. The van der Waals surface area contributed by atoms with Gasteiger partial charge in [0.25, 0.3) is 0 Å². The molecule has 0 atom stereocenters. The molecule has 0 N–H and O–H groups in total. The zero-order valence-corrected chi connectivity index (χ0v) is 8.91. The van der Waals surface area contributed by atoms with Crippen LogP contribution in [0.5, 0.6) is 0 Å². The molecule has 2 saturated heterocycles. The Morgan fingerprint density at radius 2 is 1.58 bits per heavy atom. The third-order valence-electron chi connectivity index (χ3n) is 3.59. The topological polar surface area (TPSA) is 0 Å². The highest BCUT2D eigenvalue weighted by molar-refractivity contribution is 8.25. The Balaban J connectivity index is 1.98. The molecule has 2 aliphatic rings. The fraction of sp³-hybridized carbons (Fsp3) is 1.00. The maximum Gasteiger partial charge on any atom is 0.215 e.